The molecule has 9 heavy (non-hydrogen) atoms. The lowest BCUT2D eigenvalue weighted by molar-refractivity contribution is 0.455. The molecule has 0 saturated heterocycles. The first-order valence-corrected chi connectivity index (χ1v) is 2.19. The summed E-state index contributed by atoms with van der Waals surface area (Å²) in [7, 11) is 0. The SMILES string of the molecule is O=Cn1cc(O)[nH]c1=O. The second kappa shape index (κ2) is 1.77. The minimum atomic E-state index is -0.637. The summed E-state index contributed by atoms with van der Waals surface area (Å²) < 4.78 is 0.704. The molecule has 5 heteroatoms. The van der Waals surface area contributed by atoms with Crippen molar-refractivity contribution in [2.45, 2.75) is 0 Å². The second-order valence-electron chi connectivity index (χ2n) is 1.46. The van der Waals surface area contributed by atoms with Crippen molar-refractivity contribution < 1.29 is 9.90 Å². The molecule has 0 radical (unpaired) electrons. The zero-order valence-electron chi connectivity index (χ0n) is 4.37. The van der Waals surface area contributed by atoms with E-state index < -0.39 is 5.69 Å². The number of nitrogens with zero attached hydrogens (tertiary/aromatic N) is 1. The molecule has 0 aliphatic carbocycles. The number of nitrogens with one attached hydrogen (secondary N) is 1. The molecule has 0 unspecified atom stereocenters. The summed E-state index contributed by atoms with van der Waals surface area (Å²) >= 11 is 0. The van der Waals surface area contributed by atoms with Gasteiger partial charge in [0.05, 0.1) is 6.20 Å². The van der Waals surface area contributed by atoms with Crippen LogP contribution in [-0.2, 0) is 4.79 Å². The second-order valence-corrected chi connectivity index (χ2v) is 1.46. The summed E-state index contributed by atoms with van der Waals surface area (Å²) in [6, 6.07) is 0. The zero-order valence-corrected chi connectivity index (χ0v) is 4.37. The van der Waals surface area contributed by atoms with Gasteiger partial charge >= 0.3 is 5.69 Å². The van der Waals surface area contributed by atoms with Crippen molar-refractivity contribution >= 4 is 6.41 Å². The van der Waals surface area contributed by atoms with E-state index in [1.165, 1.54) is 0 Å². The van der Waals surface area contributed by atoms with Gasteiger partial charge in [-0.25, -0.2) is 9.36 Å². The van der Waals surface area contributed by atoms with E-state index in [4.69, 9.17) is 5.11 Å². The maximum Gasteiger partial charge on any atom is 0.335 e. The number of imidazole rings is 1. The number of rotatable bonds is 1. The number of carbonyl (C=O) groups excluding carboxylic acids is 1. The highest BCUT2D eigenvalue weighted by atomic mass is 16.3. The number of aromatic nitrogens is 2. The molecule has 0 aliphatic heterocycles. The summed E-state index contributed by atoms with van der Waals surface area (Å²) in [6.07, 6.45) is 1.30. The summed E-state index contributed by atoms with van der Waals surface area (Å²) in [5, 5.41) is 8.53. The number of aromatic amines is 1. The Morgan fingerprint density at radius 3 is 2.67 bits per heavy atom. The van der Waals surface area contributed by atoms with Crippen LogP contribution in [0.5, 0.6) is 5.88 Å². The largest absolute Gasteiger partial charge is 0.493 e. The van der Waals surface area contributed by atoms with Gasteiger partial charge < -0.3 is 5.11 Å². The van der Waals surface area contributed by atoms with E-state index in [0.717, 1.165) is 6.20 Å². The van der Waals surface area contributed by atoms with E-state index in [2.05, 4.69) is 0 Å². The maximum atomic E-state index is 10.4. The maximum absolute atomic E-state index is 10.4. The van der Waals surface area contributed by atoms with Gasteiger partial charge in [-0.05, 0) is 0 Å². The van der Waals surface area contributed by atoms with E-state index in [9.17, 15) is 9.59 Å². The highest BCUT2D eigenvalue weighted by Crippen LogP contribution is 1.93. The van der Waals surface area contributed by atoms with Crippen LogP contribution < -0.4 is 5.69 Å². The van der Waals surface area contributed by atoms with Crippen molar-refractivity contribution in [1.82, 2.24) is 9.55 Å². The summed E-state index contributed by atoms with van der Waals surface area (Å²) in [5.74, 6) is -0.313. The molecular formula is C4H4N2O3. The quantitative estimate of drug-likeness (QED) is 0.472. The molecule has 0 saturated carbocycles. The summed E-state index contributed by atoms with van der Waals surface area (Å²) in [6.45, 7) is 0. The summed E-state index contributed by atoms with van der Waals surface area (Å²) in [5.41, 5.74) is -0.637. The van der Waals surface area contributed by atoms with Crippen LogP contribution in [0.1, 0.15) is 0 Å². The molecule has 2 N–H and O–H groups in total. The van der Waals surface area contributed by atoms with Crippen molar-refractivity contribution in [3.8, 4) is 5.88 Å². The molecule has 0 spiro atoms. The Labute approximate surface area is 49.6 Å². The topological polar surface area (TPSA) is 75.1 Å². The van der Waals surface area contributed by atoms with Crippen LogP contribution in [0.25, 0.3) is 0 Å². The van der Waals surface area contributed by atoms with Gasteiger partial charge in [0.15, 0.2) is 0 Å². The van der Waals surface area contributed by atoms with Crippen LogP contribution in [0.3, 0.4) is 0 Å². The number of H-pyrrole nitrogens is 1. The minimum Gasteiger partial charge on any atom is -0.493 e. The van der Waals surface area contributed by atoms with Crippen molar-refractivity contribution in [2.75, 3.05) is 0 Å². The molecule has 0 aliphatic rings. The first-order valence-electron chi connectivity index (χ1n) is 2.19. The van der Waals surface area contributed by atoms with Crippen LogP contribution in [0.2, 0.25) is 0 Å². The third kappa shape index (κ3) is 0.835. The fraction of sp³-hybridized carbons (Fsp3) is 0. The van der Waals surface area contributed by atoms with Crippen molar-refractivity contribution in [3.05, 3.63) is 16.7 Å². The van der Waals surface area contributed by atoms with Gasteiger partial charge in [-0.2, -0.15) is 0 Å². The lowest BCUT2D eigenvalue weighted by atomic mass is 10.8. The molecule has 0 fully saturated rings. The lowest BCUT2D eigenvalue weighted by Gasteiger charge is -1.75. The summed E-state index contributed by atoms with van der Waals surface area (Å²) in [4.78, 5) is 22.2. The normalized spacial score (nSPS) is 9.33. The van der Waals surface area contributed by atoms with E-state index in [1.807, 2.05) is 4.98 Å². The van der Waals surface area contributed by atoms with Crippen LogP contribution in [0.15, 0.2) is 11.0 Å². The van der Waals surface area contributed by atoms with Gasteiger partial charge in [0.1, 0.15) is 0 Å². The Morgan fingerprint density at radius 2 is 2.44 bits per heavy atom. The predicted octanol–water partition coefficient (Wildman–Crippen LogP) is -1.08. The van der Waals surface area contributed by atoms with Crippen molar-refractivity contribution in [2.24, 2.45) is 0 Å². The van der Waals surface area contributed by atoms with E-state index >= 15 is 0 Å². The third-order valence-corrected chi connectivity index (χ3v) is 0.844. The fourth-order valence-electron chi connectivity index (χ4n) is 0.475. The van der Waals surface area contributed by atoms with Crippen LogP contribution >= 0.6 is 0 Å². The highest BCUT2D eigenvalue weighted by Gasteiger charge is 1.96. The number of hydrogen-bond acceptors (Lipinski definition) is 3. The Bertz CT molecular complexity index is 272. The number of hydrogen-bond donors (Lipinski definition) is 2. The molecular weight excluding hydrogens is 124 g/mol. The first-order chi connectivity index (χ1) is 4.24. The first kappa shape index (κ1) is 5.61. The monoisotopic (exact) mass is 128 g/mol. The van der Waals surface area contributed by atoms with Crippen molar-refractivity contribution in [3.63, 3.8) is 0 Å². The van der Waals surface area contributed by atoms with E-state index in [-0.39, 0.29) is 5.88 Å². The molecule has 5 nitrogen and oxygen atoms in total. The fourth-order valence-corrected chi connectivity index (χ4v) is 0.475. The molecule has 0 atom stereocenters. The van der Waals surface area contributed by atoms with E-state index in [1.54, 1.807) is 0 Å². The molecule has 48 valence electrons. The Balaban J connectivity index is 3.32. The molecule has 0 aromatic carbocycles. The number of aromatic hydroxyl groups is 1. The Kier molecular flexibility index (Phi) is 1.11. The van der Waals surface area contributed by atoms with Gasteiger partial charge in [-0.1, -0.05) is 0 Å². The molecule has 0 bridgehead atoms. The standard InChI is InChI=1S/C4H4N2O3/c7-2-6-1-3(8)5-4(6)9/h1-2,8H,(H,5,9). The predicted molar refractivity (Wildman–Crippen MR) is 28.9 cm³/mol. The van der Waals surface area contributed by atoms with Crippen LogP contribution in [0.4, 0.5) is 0 Å². The van der Waals surface area contributed by atoms with Gasteiger partial charge in [0, 0.05) is 0 Å². The molecule has 1 rings (SSSR count). The zero-order chi connectivity index (χ0) is 6.85. The molecule has 1 aromatic heterocycles. The van der Waals surface area contributed by atoms with E-state index in [0.29, 0.717) is 11.0 Å². The Morgan fingerprint density at radius 1 is 1.78 bits per heavy atom. The molecule has 0 amide bonds. The van der Waals surface area contributed by atoms with Gasteiger partial charge in [-0.15, -0.1) is 0 Å². The molecule has 1 heterocycles. The average molecular weight is 128 g/mol. The molecule has 1 aromatic rings. The van der Waals surface area contributed by atoms with Gasteiger partial charge in [0.25, 0.3) is 0 Å². The third-order valence-electron chi connectivity index (χ3n) is 0.844. The highest BCUT2D eigenvalue weighted by molar-refractivity contribution is 5.51. The smallest absolute Gasteiger partial charge is 0.335 e. The lowest BCUT2D eigenvalue weighted by Crippen LogP contribution is -2.14. The van der Waals surface area contributed by atoms with Crippen molar-refractivity contribution in [1.29, 1.82) is 0 Å². The number of carbonyl (C=O) groups is 1. The average Bonchev–Trinajstić information content (AvgIpc) is 2.10. The van der Waals surface area contributed by atoms with Crippen LogP contribution in [0, 0.1) is 0 Å². The Hall–Kier alpha value is -1.52. The van der Waals surface area contributed by atoms with Gasteiger partial charge in [-0.3, -0.25) is 9.78 Å². The van der Waals surface area contributed by atoms with Crippen LogP contribution in [-0.4, -0.2) is 21.1 Å². The van der Waals surface area contributed by atoms with Gasteiger partial charge in [0.2, 0.25) is 12.3 Å². The minimum absolute atomic E-state index is 0.304.